The summed E-state index contributed by atoms with van der Waals surface area (Å²) in [6, 6.07) is 7.41. The minimum absolute atomic E-state index is 0.103. The second kappa shape index (κ2) is 5.19. The lowest BCUT2D eigenvalue weighted by Crippen LogP contribution is -1.91. The number of aliphatic hydroxyl groups is 1. The summed E-state index contributed by atoms with van der Waals surface area (Å²) in [7, 11) is 0. The first-order valence-corrected chi connectivity index (χ1v) is 4.33. The van der Waals surface area contributed by atoms with Crippen molar-refractivity contribution in [1.29, 1.82) is 0 Å². The molecule has 0 saturated heterocycles. The fourth-order valence-corrected chi connectivity index (χ4v) is 1.15. The van der Waals surface area contributed by atoms with Gasteiger partial charge in [-0.15, -0.1) is 0 Å². The van der Waals surface area contributed by atoms with Crippen molar-refractivity contribution < 1.29 is 15.0 Å². The molecule has 0 atom stereocenters. The van der Waals surface area contributed by atoms with Crippen LogP contribution in [0.5, 0.6) is 0 Å². The van der Waals surface area contributed by atoms with Gasteiger partial charge in [-0.1, -0.05) is 24.3 Å². The molecule has 1 aromatic rings. The fraction of sp³-hybridized carbons (Fsp3) is 0.182. The van der Waals surface area contributed by atoms with Gasteiger partial charge in [-0.3, -0.25) is 0 Å². The number of hydrogen-bond acceptors (Lipinski definition) is 2. The predicted molar refractivity (Wildman–Crippen MR) is 53.9 cm³/mol. The standard InChI is InChI=1S/C11H12O3/c12-7-6-10-3-1-2-9(8-10)4-5-11(13)14/h1-5,8,12H,6-7H2,(H,13,14). The van der Waals surface area contributed by atoms with E-state index in [1.807, 2.05) is 24.3 Å². The van der Waals surface area contributed by atoms with Gasteiger partial charge in [0.1, 0.15) is 0 Å². The SMILES string of the molecule is O=C(O)C=Cc1cccc(CCO)c1. The molecular weight excluding hydrogens is 180 g/mol. The Kier molecular flexibility index (Phi) is 3.88. The first-order valence-electron chi connectivity index (χ1n) is 4.33. The maximum atomic E-state index is 10.3. The lowest BCUT2D eigenvalue weighted by molar-refractivity contribution is -0.131. The molecule has 0 bridgehead atoms. The highest BCUT2D eigenvalue weighted by Crippen LogP contribution is 2.07. The zero-order chi connectivity index (χ0) is 10.4. The van der Waals surface area contributed by atoms with E-state index in [2.05, 4.69) is 0 Å². The van der Waals surface area contributed by atoms with Gasteiger partial charge in [-0.25, -0.2) is 4.79 Å². The Hall–Kier alpha value is -1.61. The van der Waals surface area contributed by atoms with Crippen molar-refractivity contribution in [1.82, 2.24) is 0 Å². The molecule has 0 radical (unpaired) electrons. The minimum Gasteiger partial charge on any atom is -0.478 e. The highest BCUT2D eigenvalue weighted by molar-refractivity contribution is 5.85. The molecule has 0 heterocycles. The van der Waals surface area contributed by atoms with Crippen LogP contribution >= 0.6 is 0 Å². The van der Waals surface area contributed by atoms with Crippen LogP contribution in [0.1, 0.15) is 11.1 Å². The van der Waals surface area contributed by atoms with E-state index in [0.29, 0.717) is 6.42 Å². The van der Waals surface area contributed by atoms with E-state index in [1.165, 1.54) is 6.08 Å². The van der Waals surface area contributed by atoms with E-state index in [1.54, 1.807) is 0 Å². The number of carboxylic acids is 1. The van der Waals surface area contributed by atoms with Crippen LogP contribution in [0.15, 0.2) is 30.3 Å². The summed E-state index contributed by atoms with van der Waals surface area (Å²) >= 11 is 0. The first kappa shape index (κ1) is 10.5. The van der Waals surface area contributed by atoms with Crippen LogP contribution in [0.25, 0.3) is 6.08 Å². The van der Waals surface area contributed by atoms with Gasteiger partial charge in [-0.2, -0.15) is 0 Å². The number of carbonyl (C=O) groups is 1. The second-order valence-electron chi connectivity index (χ2n) is 2.89. The lowest BCUT2D eigenvalue weighted by atomic mass is 10.1. The van der Waals surface area contributed by atoms with Crippen LogP contribution in [0, 0.1) is 0 Å². The van der Waals surface area contributed by atoms with Crippen molar-refractivity contribution in [2.24, 2.45) is 0 Å². The summed E-state index contributed by atoms with van der Waals surface area (Å²) in [4.78, 5) is 10.3. The molecule has 0 spiro atoms. The zero-order valence-electron chi connectivity index (χ0n) is 7.68. The predicted octanol–water partition coefficient (Wildman–Crippen LogP) is 1.32. The molecular formula is C11H12O3. The summed E-state index contributed by atoms with van der Waals surface area (Å²) in [6.07, 6.45) is 3.22. The number of carboxylic acid groups (broad SMARTS) is 1. The Balaban J connectivity index is 2.77. The number of hydrogen-bond donors (Lipinski definition) is 2. The maximum absolute atomic E-state index is 10.3. The molecule has 3 nitrogen and oxygen atoms in total. The van der Waals surface area contributed by atoms with Gasteiger partial charge in [0.05, 0.1) is 0 Å². The summed E-state index contributed by atoms with van der Waals surface area (Å²) < 4.78 is 0. The van der Waals surface area contributed by atoms with Crippen molar-refractivity contribution in [3.8, 4) is 0 Å². The van der Waals surface area contributed by atoms with E-state index in [9.17, 15) is 4.79 Å². The molecule has 0 aromatic heterocycles. The maximum Gasteiger partial charge on any atom is 0.328 e. The van der Waals surface area contributed by atoms with Crippen LogP contribution in [0.2, 0.25) is 0 Å². The van der Waals surface area contributed by atoms with Gasteiger partial charge >= 0.3 is 5.97 Å². The van der Waals surface area contributed by atoms with Crippen molar-refractivity contribution in [3.05, 3.63) is 41.5 Å². The Morgan fingerprint density at radius 1 is 1.43 bits per heavy atom. The van der Waals surface area contributed by atoms with Gasteiger partial charge in [0.2, 0.25) is 0 Å². The number of aliphatic hydroxyl groups excluding tert-OH is 1. The molecule has 14 heavy (non-hydrogen) atoms. The molecule has 2 N–H and O–H groups in total. The van der Waals surface area contributed by atoms with Gasteiger partial charge in [0.25, 0.3) is 0 Å². The number of benzene rings is 1. The van der Waals surface area contributed by atoms with E-state index in [-0.39, 0.29) is 6.61 Å². The van der Waals surface area contributed by atoms with E-state index in [0.717, 1.165) is 17.2 Å². The number of rotatable bonds is 4. The summed E-state index contributed by atoms with van der Waals surface area (Å²) in [6.45, 7) is 0.103. The summed E-state index contributed by atoms with van der Waals surface area (Å²) in [5.74, 6) is -0.961. The van der Waals surface area contributed by atoms with Crippen molar-refractivity contribution in [2.75, 3.05) is 6.61 Å². The largest absolute Gasteiger partial charge is 0.478 e. The molecule has 3 heteroatoms. The molecule has 0 saturated carbocycles. The zero-order valence-corrected chi connectivity index (χ0v) is 7.68. The van der Waals surface area contributed by atoms with Crippen LogP contribution in [-0.4, -0.2) is 22.8 Å². The highest BCUT2D eigenvalue weighted by atomic mass is 16.4. The number of aliphatic carboxylic acids is 1. The normalized spacial score (nSPS) is 10.6. The molecule has 0 aliphatic carbocycles. The molecule has 0 aliphatic heterocycles. The second-order valence-corrected chi connectivity index (χ2v) is 2.89. The van der Waals surface area contributed by atoms with Crippen molar-refractivity contribution >= 4 is 12.0 Å². The first-order chi connectivity index (χ1) is 6.72. The monoisotopic (exact) mass is 192 g/mol. The minimum atomic E-state index is -0.961. The van der Waals surface area contributed by atoms with Crippen molar-refractivity contribution in [2.45, 2.75) is 6.42 Å². The average Bonchev–Trinajstić information content (AvgIpc) is 2.16. The molecule has 74 valence electrons. The third-order valence-corrected chi connectivity index (χ3v) is 1.77. The fourth-order valence-electron chi connectivity index (χ4n) is 1.15. The summed E-state index contributed by atoms with van der Waals surface area (Å²) in [5, 5.41) is 17.1. The quantitative estimate of drug-likeness (QED) is 0.707. The van der Waals surface area contributed by atoms with Crippen LogP contribution in [-0.2, 0) is 11.2 Å². The topological polar surface area (TPSA) is 57.5 Å². The van der Waals surface area contributed by atoms with E-state index >= 15 is 0 Å². The van der Waals surface area contributed by atoms with E-state index in [4.69, 9.17) is 10.2 Å². The van der Waals surface area contributed by atoms with Gasteiger partial charge < -0.3 is 10.2 Å². The summed E-state index contributed by atoms with van der Waals surface area (Å²) in [5.41, 5.74) is 1.83. The van der Waals surface area contributed by atoms with Crippen LogP contribution in [0.3, 0.4) is 0 Å². The molecule has 0 fully saturated rings. The molecule has 0 amide bonds. The Morgan fingerprint density at radius 2 is 2.21 bits per heavy atom. The third-order valence-electron chi connectivity index (χ3n) is 1.77. The Bertz CT molecular complexity index is 342. The van der Waals surface area contributed by atoms with Gasteiger partial charge in [-0.05, 0) is 23.6 Å². The Morgan fingerprint density at radius 3 is 2.86 bits per heavy atom. The molecule has 0 aliphatic rings. The average molecular weight is 192 g/mol. The molecule has 1 rings (SSSR count). The van der Waals surface area contributed by atoms with E-state index < -0.39 is 5.97 Å². The molecule has 1 aromatic carbocycles. The highest BCUT2D eigenvalue weighted by Gasteiger charge is 1.93. The third kappa shape index (κ3) is 3.41. The smallest absolute Gasteiger partial charge is 0.328 e. The van der Waals surface area contributed by atoms with Crippen LogP contribution < -0.4 is 0 Å². The van der Waals surface area contributed by atoms with Crippen molar-refractivity contribution in [3.63, 3.8) is 0 Å². The van der Waals surface area contributed by atoms with Gasteiger partial charge in [0.15, 0.2) is 0 Å². The Labute approximate surface area is 82.3 Å². The molecule has 0 unspecified atom stereocenters. The lowest BCUT2D eigenvalue weighted by Gasteiger charge is -1.99. The van der Waals surface area contributed by atoms with Crippen LogP contribution in [0.4, 0.5) is 0 Å². The van der Waals surface area contributed by atoms with Gasteiger partial charge in [0, 0.05) is 12.7 Å².